The van der Waals surface area contributed by atoms with E-state index < -0.39 is 0 Å². The molecule has 1 saturated heterocycles. The van der Waals surface area contributed by atoms with Crippen LogP contribution in [0.4, 0.5) is 0 Å². The second-order valence-electron chi connectivity index (χ2n) is 3.03. The van der Waals surface area contributed by atoms with Gasteiger partial charge in [0.05, 0.1) is 17.7 Å². The summed E-state index contributed by atoms with van der Waals surface area (Å²) in [5, 5.41) is 10.2. The smallest absolute Gasteiger partial charge is 0.138 e. The largest absolute Gasteiger partial charge is 0.506 e. The van der Waals surface area contributed by atoms with E-state index in [4.69, 9.17) is 27.9 Å². The molecular weight excluding hydrogens is 211 g/mol. The van der Waals surface area contributed by atoms with Gasteiger partial charge in [0.1, 0.15) is 10.8 Å². The van der Waals surface area contributed by atoms with E-state index in [9.17, 15) is 5.11 Å². The van der Waals surface area contributed by atoms with Crippen LogP contribution in [0.1, 0.15) is 5.56 Å². The number of benzene rings is 1. The van der Waals surface area contributed by atoms with E-state index in [0.29, 0.717) is 11.4 Å². The molecule has 0 aliphatic carbocycles. The molecule has 1 aliphatic heterocycles. The molecule has 0 saturated carbocycles. The van der Waals surface area contributed by atoms with Crippen LogP contribution in [0.15, 0.2) is 12.1 Å². The molecule has 0 spiro atoms. The highest BCUT2D eigenvalue weighted by molar-refractivity contribution is 6.43. The summed E-state index contributed by atoms with van der Waals surface area (Å²) < 4.78 is 5.05. The highest BCUT2D eigenvalue weighted by atomic mass is 35.5. The summed E-state index contributed by atoms with van der Waals surface area (Å²) >= 11 is 11.5. The van der Waals surface area contributed by atoms with Crippen LogP contribution in [-0.2, 0) is 11.2 Å². The third-order valence-electron chi connectivity index (χ3n) is 2.00. The van der Waals surface area contributed by atoms with Gasteiger partial charge in [-0.3, -0.25) is 0 Å². The molecule has 1 aliphatic rings. The van der Waals surface area contributed by atoms with E-state index in [1.165, 1.54) is 0 Å². The van der Waals surface area contributed by atoms with Crippen LogP contribution in [0.2, 0.25) is 10.0 Å². The molecular formula is C9H8Cl2O2. The van der Waals surface area contributed by atoms with Crippen molar-refractivity contribution in [2.24, 2.45) is 0 Å². The third kappa shape index (κ3) is 1.90. The van der Waals surface area contributed by atoms with Gasteiger partial charge >= 0.3 is 0 Å². The second kappa shape index (κ2) is 3.37. The topological polar surface area (TPSA) is 32.8 Å². The van der Waals surface area contributed by atoms with Crippen LogP contribution in [-0.4, -0.2) is 17.8 Å². The van der Waals surface area contributed by atoms with Crippen molar-refractivity contribution in [3.05, 3.63) is 27.7 Å². The van der Waals surface area contributed by atoms with Crippen molar-refractivity contribution in [3.8, 4) is 5.75 Å². The first-order valence-corrected chi connectivity index (χ1v) is 4.71. The quantitative estimate of drug-likeness (QED) is 0.775. The maximum Gasteiger partial charge on any atom is 0.138 e. The zero-order chi connectivity index (χ0) is 9.42. The van der Waals surface area contributed by atoms with Crippen molar-refractivity contribution < 1.29 is 9.84 Å². The van der Waals surface area contributed by atoms with Crippen molar-refractivity contribution in [2.45, 2.75) is 12.5 Å². The van der Waals surface area contributed by atoms with Crippen LogP contribution < -0.4 is 0 Å². The SMILES string of the molecule is Oc1c(C[C@H]2CO2)ccc(Cl)c1Cl. The van der Waals surface area contributed by atoms with Crippen molar-refractivity contribution in [3.63, 3.8) is 0 Å². The zero-order valence-corrected chi connectivity index (χ0v) is 8.27. The van der Waals surface area contributed by atoms with Crippen molar-refractivity contribution in [2.75, 3.05) is 6.61 Å². The Kier molecular flexibility index (Phi) is 2.37. The molecule has 0 amide bonds. The highest BCUT2D eigenvalue weighted by Gasteiger charge is 2.24. The van der Waals surface area contributed by atoms with Gasteiger partial charge in [-0.2, -0.15) is 0 Å². The molecule has 1 aromatic carbocycles. The number of ether oxygens (including phenoxy) is 1. The Labute approximate surface area is 86.0 Å². The summed E-state index contributed by atoms with van der Waals surface area (Å²) in [6, 6.07) is 3.45. The van der Waals surface area contributed by atoms with Gasteiger partial charge in [-0.15, -0.1) is 0 Å². The Morgan fingerprint density at radius 1 is 1.46 bits per heavy atom. The number of rotatable bonds is 2. The first kappa shape index (κ1) is 9.13. The molecule has 2 rings (SSSR count). The summed E-state index contributed by atoms with van der Waals surface area (Å²) in [6.07, 6.45) is 0.936. The predicted molar refractivity (Wildman–Crippen MR) is 51.6 cm³/mol. The van der Waals surface area contributed by atoms with Gasteiger partial charge in [-0.1, -0.05) is 29.3 Å². The van der Waals surface area contributed by atoms with Crippen molar-refractivity contribution in [1.29, 1.82) is 0 Å². The molecule has 2 nitrogen and oxygen atoms in total. The Balaban J connectivity index is 2.29. The summed E-state index contributed by atoms with van der Waals surface area (Å²) in [4.78, 5) is 0. The van der Waals surface area contributed by atoms with E-state index in [2.05, 4.69) is 0 Å². The molecule has 1 atom stereocenters. The summed E-state index contributed by atoms with van der Waals surface area (Å²) in [5.74, 6) is 0.0738. The van der Waals surface area contributed by atoms with Gasteiger partial charge in [-0.25, -0.2) is 0 Å². The third-order valence-corrected chi connectivity index (χ3v) is 2.80. The number of halogens is 2. The van der Waals surface area contributed by atoms with Crippen molar-refractivity contribution in [1.82, 2.24) is 0 Å². The van der Waals surface area contributed by atoms with Gasteiger partial charge in [0.15, 0.2) is 0 Å². The first-order valence-electron chi connectivity index (χ1n) is 3.96. The van der Waals surface area contributed by atoms with Gasteiger partial charge in [0, 0.05) is 6.42 Å². The minimum absolute atomic E-state index is 0.0738. The van der Waals surface area contributed by atoms with Gasteiger partial charge in [0.2, 0.25) is 0 Å². The van der Waals surface area contributed by atoms with E-state index in [-0.39, 0.29) is 16.9 Å². The number of hydrogen-bond donors (Lipinski definition) is 1. The zero-order valence-electron chi connectivity index (χ0n) is 6.76. The van der Waals surface area contributed by atoms with Crippen molar-refractivity contribution >= 4 is 23.2 Å². The van der Waals surface area contributed by atoms with Crippen LogP contribution in [0.5, 0.6) is 5.75 Å². The summed E-state index contributed by atoms with van der Waals surface area (Å²) in [7, 11) is 0. The van der Waals surface area contributed by atoms with E-state index in [0.717, 1.165) is 12.2 Å². The number of epoxide rings is 1. The Morgan fingerprint density at radius 3 is 2.77 bits per heavy atom. The van der Waals surface area contributed by atoms with Gasteiger partial charge < -0.3 is 9.84 Å². The maximum atomic E-state index is 9.58. The lowest BCUT2D eigenvalue weighted by Crippen LogP contribution is -1.93. The molecule has 0 aromatic heterocycles. The Bertz CT molecular complexity index is 335. The predicted octanol–water partition coefficient (Wildman–Crippen LogP) is 2.64. The molecule has 0 unspecified atom stereocenters. The maximum absolute atomic E-state index is 9.58. The summed E-state index contributed by atoms with van der Waals surface area (Å²) in [6.45, 7) is 0.764. The molecule has 0 radical (unpaired) electrons. The Morgan fingerprint density at radius 2 is 2.15 bits per heavy atom. The molecule has 70 valence electrons. The average Bonchev–Trinajstić information content (AvgIpc) is 2.90. The molecule has 1 aromatic rings. The minimum Gasteiger partial charge on any atom is -0.506 e. The van der Waals surface area contributed by atoms with E-state index in [1.54, 1.807) is 12.1 Å². The number of phenols is 1. The first-order chi connectivity index (χ1) is 6.18. The number of hydrogen-bond acceptors (Lipinski definition) is 2. The lowest BCUT2D eigenvalue weighted by atomic mass is 10.1. The molecule has 1 heterocycles. The molecule has 13 heavy (non-hydrogen) atoms. The van der Waals surface area contributed by atoms with Gasteiger partial charge in [0.25, 0.3) is 0 Å². The van der Waals surface area contributed by atoms with E-state index >= 15 is 0 Å². The van der Waals surface area contributed by atoms with E-state index in [1.807, 2.05) is 0 Å². The Hall–Kier alpha value is -0.440. The lowest BCUT2D eigenvalue weighted by Gasteiger charge is -2.05. The number of aromatic hydroxyl groups is 1. The normalized spacial score (nSPS) is 20.3. The standard InChI is InChI=1S/C9H8Cl2O2/c10-7-2-1-5(3-6-4-13-6)9(12)8(7)11/h1-2,6,12H,3-4H2/t6-/m0/s1. The minimum atomic E-state index is 0.0738. The molecule has 1 fully saturated rings. The van der Waals surface area contributed by atoms with Crippen LogP contribution in [0, 0.1) is 0 Å². The summed E-state index contributed by atoms with van der Waals surface area (Å²) in [5.41, 5.74) is 0.789. The van der Waals surface area contributed by atoms with Crippen LogP contribution in [0.3, 0.4) is 0 Å². The number of phenolic OH excluding ortho intramolecular Hbond substituents is 1. The average molecular weight is 219 g/mol. The highest BCUT2D eigenvalue weighted by Crippen LogP contribution is 2.35. The molecule has 4 heteroatoms. The van der Waals surface area contributed by atoms with Gasteiger partial charge in [-0.05, 0) is 11.6 Å². The lowest BCUT2D eigenvalue weighted by molar-refractivity contribution is 0.402. The van der Waals surface area contributed by atoms with Crippen LogP contribution >= 0.6 is 23.2 Å². The fourth-order valence-electron chi connectivity index (χ4n) is 1.18. The monoisotopic (exact) mass is 218 g/mol. The molecule has 0 bridgehead atoms. The second-order valence-corrected chi connectivity index (χ2v) is 3.81. The fraction of sp³-hybridized carbons (Fsp3) is 0.333. The molecule has 1 N–H and O–H groups in total. The van der Waals surface area contributed by atoms with Crippen LogP contribution in [0.25, 0.3) is 0 Å². The fourth-order valence-corrected chi connectivity index (χ4v) is 1.51.